The van der Waals surface area contributed by atoms with Gasteiger partial charge in [0, 0.05) is 26.6 Å². The maximum absolute atomic E-state index is 12.4. The van der Waals surface area contributed by atoms with Crippen molar-refractivity contribution in [2.24, 2.45) is 0 Å². The minimum atomic E-state index is -1.13. The second-order valence-corrected chi connectivity index (χ2v) is 5.14. The van der Waals surface area contributed by atoms with Crippen molar-refractivity contribution >= 4 is 17.9 Å². The number of nitrogens with zero attached hydrogens (tertiary/aromatic N) is 2. The Morgan fingerprint density at radius 2 is 1.90 bits per heavy atom. The number of β-amino-alcohol motifs (C(OH)–C–C–N with tert-alkyl or cyclic N) is 1. The molecular formula is C12H19N3O5. The lowest BCUT2D eigenvalue weighted by molar-refractivity contribution is -0.141. The van der Waals surface area contributed by atoms with Gasteiger partial charge in [0.25, 0.3) is 0 Å². The van der Waals surface area contributed by atoms with E-state index in [0.29, 0.717) is 19.4 Å². The zero-order chi connectivity index (χ0) is 14.9. The normalized spacial score (nSPS) is 29.6. The van der Waals surface area contributed by atoms with Crippen LogP contribution in [0.25, 0.3) is 0 Å². The molecule has 2 fully saturated rings. The van der Waals surface area contributed by atoms with E-state index in [1.54, 1.807) is 0 Å². The number of urea groups is 1. The number of amides is 3. The van der Waals surface area contributed by atoms with Crippen LogP contribution >= 0.6 is 0 Å². The highest BCUT2D eigenvalue weighted by molar-refractivity contribution is 5.89. The first kappa shape index (κ1) is 14.6. The summed E-state index contributed by atoms with van der Waals surface area (Å²) < 4.78 is 0. The maximum atomic E-state index is 12.4. The third kappa shape index (κ3) is 2.55. The summed E-state index contributed by atoms with van der Waals surface area (Å²) >= 11 is 0. The molecule has 2 saturated heterocycles. The molecule has 8 heteroatoms. The van der Waals surface area contributed by atoms with Crippen molar-refractivity contribution in [2.75, 3.05) is 20.1 Å². The molecule has 2 aliphatic heterocycles. The van der Waals surface area contributed by atoms with E-state index < -0.39 is 30.2 Å². The van der Waals surface area contributed by atoms with Crippen molar-refractivity contribution in [3.63, 3.8) is 0 Å². The molecule has 2 aliphatic rings. The number of carboxylic acids is 1. The van der Waals surface area contributed by atoms with E-state index in [-0.39, 0.29) is 18.9 Å². The zero-order valence-electron chi connectivity index (χ0n) is 11.3. The summed E-state index contributed by atoms with van der Waals surface area (Å²) in [6, 6.07) is -2.07. The Bertz CT molecular complexity index is 427. The molecule has 20 heavy (non-hydrogen) atoms. The molecule has 0 aliphatic carbocycles. The van der Waals surface area contributed by atoms with Gasteiger partial charge in [-0.25, -0.2) is 9.59 Å². The average molecular weight is 285 g/mol. The molecule has 8 nitrogen and oxygen atoms in total. The molecule has 0 radical (unpaired) electrons. The van der Waals surface area contributed by atoms with E-state index in [9.17, 15) is 19.5 Å². The molecular weight excluding hydrogens is 266 g/mol. The fourth-order valence-corrected chi connectivity index (χ4v) is 2.86. The van der Waals surface area contributed by atoms with Gasteiger partial charge in [0.2, 0.25) is 5.91 Å². The van der Waals surface area contributed by atoms with Crippen LogP contribution in [-0.4, -0.2) is 76.2 Å². The number of rotatable bonds is 2. The summed E-state index contributed by atoms with van der Waals surface area (Å²) in [5.74, 6) is -1.38. The Labute approximate surface area is 116 Å². The number of aliphatic carboxylic acids is 1. The van der Waals surface area contributed by atoms with E-state index in [1.807, 2.05) is 0 Å². The number of carbonyl (C=O) groups is 3. The van der Waals surface area contributed by atoms with Gasteiger partial charge in [-0.1, -0.05) is 0 Å². The maximum Gasteiger partial charge on any atom is 0.326 e. The van der Waals surface area contributed by atoms with Crippen LogP contribution in [0.4, 0.5) is 4.79 Å². The lowest BCUT2D eigenvalue weighted by Gasteiger charge is -2.30. The van der Waals surface area contributed by atoms with Gasteiger partial charge in [0.1, 0.15) is 12.1 Å². The van der Waals surface area contributed by atoms with Gasteiger partial charge in [-0.15, -0.1) is 0 Å². The lowest BCUT2D eigenvalue weighted by atomic mass is 10.2. The predicted octanol–water partition coefficient (Wildman–Crippen LogP) is -1.16. The summed E-state index contributed by atoms with van der Waals surface area (Å²) in [5.41, 5.74) is 0. The number of likely N-dealkylation sites (tertiary alicyclic amines) is 2. The Hall–Kier alpha value is -1.83. The third-order valence-electron chi connectivity index (χ3n) is 3.86. The van der Waals surface area contributed by atoms with Crippen LogP contribution < -0.4 is 5.32 Å². The van der Waals surface area contributed by atoms with Crippen molar-refractivity contribution < 1.29 is 24.6 Å². The van der Waals surface area contributed by atoms with Crippen LogP contribution in [0.2, 0.25) is 0 Å². The molecule has 3 N–H and O–H groups in total. The number of hydrogen-bond donors (Lipinski definition) is 3. The van der Waals surface area contributed by atoms with E-state index in [4.69, 9.17) is 5.11 Å². The lowest BCUT2D eigenvalue weighted by Crippen LogP contribution is -2.53. The van der Waals surface area contributed by atoms with Crippen LogP contribution in [0.5, 0.6) is 0 Å². The highest BCUT2D eigenvalue weighted by atomic mass is 16.4. The Morgan fingerprint density at radius 1 is 1.20 bits per heavy atom. The third-order valence-corrected chi connectivity index (χ3v) is 3.86. The van der Waals surface area contributed by atoms with E-state index in [0.717, 1.165) is 4.90 Å². The first-order valence-corrected chi connectivity index (χ1v) is 6.65. The minimum absolute atomic E-state index is 0.00718. The molecule has 1 unspecified atom stereocenters. The number of aliphatic hydroxyl groups excluding tert-OH is 1. The van der Waals surface area contributed by atoms with E-state index in [2.05, 4.69) is 5.32 Å². The standard InChI is InChI=1S/C12H19N3O5/c1-13-10(17)8-3-2-4-14(8)12(20)15-6-7(16)5-9(15)11(18)19/h7-9,16H,2-6H2,1H3,(H,13,17)(H,18,19)/t7-,8?,9-/m1/s1. The first-order valence-electron chi connectivity index (χ1n) is 6.65. The number of likely N-dealkylation sites (N-methyl/N-ethyl adjacent to an activating group) is 1. The molecule has 0 aromatic carbocycles. The SMILES string of the molecule is CNC(=O)C1CCCN1C(=O)N1C[C@H](O)C[C@@H]1C(=O)O. The summed E-state index contributed by atoms with van der Waals surface area (Å²) in [5, 5.41) is 21.2. The largest absolute Gasteiger partial charge is 0.480 e. The number of nitrogens with one attached hydrogen (secondary N) is 1. The fraction of sp³-hybridized carbons (Fsp3) is 0.750. The van der Waals surface area contributed by atoms with Crippen LogP contribution in [0, 0.1) is 0 Å². The molecule has 3 amide bonds. The van der Waals surface area contributed by atoms with Crippen LogP contribution in [0.1, 0.15) is 19.3 Å². The topological polar surface area (TPSA) is 110 Å². The van der Waals surface area contributed by atoms with Gasteiger partial charge < -0.3 is 25.3 Å². The Morgan fingerprint density at radius 3 is 2.50 bits per heavy atom. The Kier molecular flexibility index (Phi) is 4.12. The van der Waals surface area contributed by atoms with Gasteiger partial charge in [-0.05, 0) is 12.8 Å². The van der Waals surface area contributed by atoms with E-state index in [1.165, 1.54) is 11.9 Å². The summed E-state index contributed by atoms with van der Waals surface area (Å²) in [6.07, 6.45) is 0.470. The Balaban J connectivity index is 2.13. The van der Waals surface area contributed by atoms with Gasteiger partial charge in [-0.2, -0.15) is 0 Å². The molecule has 2 heterocycles. The zero-order valence-corrected chi connectivity index (χ0v) is 11.3. The van der Waals surface area contributed by atoms with Crippen LogP contribution in [-0.2, 0) is 9.59 Å². The molecule has 0 spiro atoms. The number of carbonyl (C=O) groups excluding carboxylic acids is 2. The smallest absolute Gasteiger partial charge is 0.326 e. The quantitative estimate of drug-likeness (QED) is 0.592. The summed E-state index contributed by atoms with van der Waals surface area (Å²) in [6.45, 7) is 0.419. The summed E-state index contributed by atoms with van der Waals surface area (Å²) in [7, 11) is 1.50. The molecule has 3 atom stereocenters. The second kappa shape index (κ2) is 5.66. The van der Waals surface area contributed by atoms with Crippen LogP contribution in [0.15, 0.2) is 0 Å². The minimum Gasteiger partial charge on any atom is -0.480 e. The molecule has 0 aromatic rings. The fourth-order valence-electron chi connectivity index (χ4n) is 2.86. The molecule has 0 saturated carbocycles. The highest BCUT2D eigenvalue weighted by Crippen LogP contribution is 2.25. The monoisotopic (exact) mass is 285 g/mol. The van der Waals surface area contributed by atoms with Crippen molar-refractivity contribution in [1.82, 2.24) is 15.1 Å². The average Bonchev–Trinajstić information content (AvgIpc) is 3.03. The molecule has 0 bridgehead atoms. The van der Waals surface area contributed by atoms with Gasteiger partial charge in [-0.3, -0.25) is 4.79 Å². The summed E-state index contributed by atoms with van der Waals surface area (Å²) in [4.78, 5) is 37.9. The van der Waals surface area contributed by atoms with Crippen molar-refractivity contribution in [3.8, 4) is 0 Å². The number of aliphatic hydroxyl groups is 1. The number of hydrogen-bond acceptors (Lipinski definition) is 4. The van der Waals surface area contributed by atoms with Gasteiger partial charge in [0.05, 0.1) is 6.10 Å². The van der Waals surface area contributed by atoms with Crippen molar-refractivity contribution in [1.29, 1.82) is 0 Å². The highest BCUT2D eigenvalue weighted by Gasteiger charge is 2.44. The predicted molar refractivity (Wildman–Crippen MR) is 67.9 cm³/mol. The van der Waals surface area contributed by atoms with Crippen molar-refractivity contribution in [2.45, 2.75) is 37.5 Å². The van der Waals surface area contributed by atoms with Crippen molar-refractivity contribution in [3.05, 3.63) is 0 Å². The van der Waals surface area contributed by atoms with Gasteiger partial charge in [0.15, 0.2) is 0 Å². The molecule has 2 rings (SSSR count). The molecule has 0 aromatic heterocycles. The van der Waals surface area contributed by atoms with E-state index >= 15 is 0 Å². The van der Waals surface area contributed by atoms with Gasteiger partial charge >= 0.3 is 12.0 Å². The van der Waals surface area contributed by atoms with Crippen LogP contribution in [0.3, 0.4) is 0 Å². The first-order chi connectivity index (χ1) is 9.45. The number of carboxylic acid groups (broad SMARTS) is 1. The second-order valence-electron chi connectivity index (χ2n) is 5.14. The molecule has 112 valence electrons.